The van der Waals surface area contributed by atoms with Crippen LogP contribution < -0.4 is 10.6 Å². The number of halogens is 4. The van der Waals surface area contributed by atoms with Crippen molar-refractivity contribution in [3.8, 4) is 0 Å². The zero-order chi connectivity index (χ0) is 16.4. The van der Waals surface area contributed by atoms with E-state index in [1.165, 1.54) is 0 Å². The molecule has 124 valence electrons. The molecule has 0 aromatic carbocycles. The molecule has 2 rings (SSSR count). The summed E-state index contributed by atoms with van der Waals surface area (Å²) >= 11 is 0. The van der Waals surface area contributed by atoms with E-state index < -0.39 is 23.7 Å². The minimum atomic E-state index is -2.46. The minimum Gasteiger partial charge on any atom is -0.311 e. The summed E-state index contributed by atoms with van der Waals surface area (Å²) in [6.45, 7) is 11.7. The summed E-state index contributed by atoms with van der Waals surface area (Å²) in [6, 6.07) is 0. The Morgan fingerprint density at radius 1 is 0.700 bits per heavy atom. The highest BCUT2D eigenvalue weighted by Crippen LogP contribution is 2.27. The van der Waals surface area contributed by atoms with Gasteiger partial charge in [0.2, 0.25) is 0 Å². The zero-order valence-corrected chi connectivity index (χ0v) is 13.5. The third-order valence-electron chi connectivity index (χ3n) is 3.06. The zero-order valence-electron chi connectivity index (χ0n) is 13.5. The SMILES string of the molecule is CC.CC.CC1CNCC1(F)F.C[C@H]1CNCC1(F)F. The fourth-order valence-corrected chi connectivity index (χ4v) is 1.56. The maximum absolute atomic E-state index is 12.3. The first-order valence-corrected chi connectivity index (χ1v) is 7.43. The van der Waals surface area contributed by atoms with Crippen molar-refractivity contribution in [2.75, 3.05) is 26.2 Å². The molecule has 2 aliphatic rings. The molecule has 0 aromatic rings. The largest absolute Gasteiger partial charge is 0.311 e. The standard InChI is InChI=1S/2C5H9F2N.2C2H6/c2*1-4-2-8-3-5(4,6)7;2*1-2/h2*4,8H,2-3H2,1H3;2*1-2H3/t4-;;;/m0.../s1. The first-order chi connectivity index (χ1) is 9.26. The molecular formula is C14H30F4N2. The van der Waals surface area contributed by atoms with Crippen molar-refractivity contribution in [3.05, 3.63) is 0 Å². The Hall–Kier alpha value is -0.360. The second-order valence-electron chi connectivity index (χ2n) is 4.59. The molecule has 2 saturated heterocycles. The molecule has 2 nitrogen and oxygen atoms in total. The van der Waals surface area contributed by atoms with Gasteiger partial charge in [0.05, 0.1) is 13.1 Å². The normalized spacial score (nSPS) is 29.1. The van der Waals surface area contributed by atoms with Crippen LogP contribution in [0.5, 0.6) is 0 Å². The predicted molar refractivity (Wildman–Crippen MR) is 76.7 cm³/mol. The third-order valence-corrected chi connectivity index (χ3v) is 3.06. The quantitative estimate of drug-likeness (QED) is 0.666. The Kier molecular flexibility index (Phi) is 11.4. The van der Waals surface area contributed by atoms with Crippen LogP contribution in [0.1, 0.15) is 41.5 Å². The number of alkyl halides is 4. The number of nitrogens with one attached hydrogen (secondary N) is 2. The molecule has 0 saturated carbocycles. The van der Waals surface area contributed by atoms with Crippen LogP contribution in [-0.2, 0) is 0 Å². The molecule has 0 bridgehead atoms. The van der Waals surface area contributed by atoms with Gasteiger partial charge in [0.15, 0.2) is 0 Å². The van der Waals surface area contributed by atoms with E-state index in [2.05, 4.69) is 10.6 Å². The van der Waals surface area contributed by atoms with Crippen molar-refractivity contribution in [2.45, 2.75) is 53.4 Å². The first kappa shape index (κ1) is 21.9. The van der Waals surface area contributed by atoms with Crippen molar-refractivity contribution in [3.63, 3.8) is 0 Å². The first-order valence-electron chi connectivity index (χ1n) is 7.43. The summed E-state index contributed by atoms with van der Waals surface area (Å²) in [5, 5.41) is 5.22. The second-order valence-corrected chi connectivity index (χ2v) is 4.59. The van der Waals surface area contributed by atoms with Gasteiger partial charge in [-0.3, -0.25) is 0 Å². The minimum absolute atomic E-state index is 0.145. The maximum Gasteiger partial charge on any atom is 0.264 e. The summed E-state index contributed by atoms with van der Waals surface area (Å²) in [6.07, 6.45) is 0. The van der Waals surface area contributed by atoms with Crippen LogP contribution in [0.3, 0.4) is 0 Å². The van der Waals surface area contributed by atoms with E-state index in [9.17, 15) is 17.6 Å². The van der Waals surface area contributed by atoms with Crippen LogP contribution in [0.4, 0.5) is 17.6 Å². The molecule has 2 atom stereocenters. The van der Waals surface area contributed by atoms with Crippen molar-refractivity contribution >= 4 is 0 Å². The molecule has 6 heteroatoms. The van der Waals surface area contributed by atoms with Crippen molar-refractivity contribution < 1.29 is 17.6 Å². The third kappa shape index (κ3) is 7.43. The molecule has 0 aliphatic carbocycles. The van der Waals surface area contributed by atoms with E-state index in [1.54, 1.807) is 13.8 Å². The molecule has 0 amide bonds. The van der Waals surface area contributed by atoms with Gasteiger partial charge in [-0.1, -0.05) is 41.5 Å². The Morgan fingerprint density at radius 2 is 0.950 bits per heavy atom. The number of hydrogen-bond acceptors (Lipinski definition) is 2. The summed E-state index contributed by atoms with van der Waals surface area (Å²) in [5.41, 5.74) is 0. The van der Waals surface area contributed by atoms with Crippen molar-refractivity contribution in [1.82, 2.24) is 10.6 Å². The van der Waals surface area contributed by atoms with Gasteiger partial charge in [0, 0.05) is 24.9 Å². The van der Waals surface area contributed by atoms with E-state index in [-0.39, 0.29) is 13.1 Å². The van der Waals surface area contributed by atoms with Crippen LogP contribution in [0.25, 0.3) is 0 Å². The highest BCUT2D eigenvalue weighted by atomic mass is 19.3. The van der Waals surface area contributed by atoms with Crippen LogP contribution >= 0.6 is 0 Å². The van der Waals surface area contributed by atoms with Crippen LogP contribution in [0.15, 0.2) is 0 Å². The Bertz CT molecular complexity index is 211. The van der Waals surface area contributed by atoms with Gasteiger partial charge in [-0.25, -0.2) is 17.6 Å². The molecule has 1 unspecified atom stereocenters. The summed E-state index contributed by atoms with van der Waals surface area (Å²) < 4.78 is 49.1. The van der Waals surface area contributed by atoms with Gasteiger partial charge < -0.3 is 10.6 Å². The molecule has 2 fully saturated rings. The molecule has 2 aliphatic heterocycles. The van der Waals surface area contributed by atoms with Gasteiger partial charge in [-0.15, -0.1) is 0 Å². The Morgan fingerprint density at radius 3 is 1.00 bits per heavy atom. The highest BCUT2D eigenvalue weighted by Gasteiger charge is 2.40. The average molecular weight is 302 g/mol. The molecule has 2 heterocycles. The highest BCUT2D eigenvalue weighted by molar-refractivity contribution is 4.84. The molecular weight excluding hydrogens is 272 g/mol. The Balaban J connectivity index is 0. The fraction of sp³-hybridized carbons (Fsp3) is 1.00. The fourth-order valence-electron chi connectivity index (χ4n) is 1.56. The predicted octanol–water partition coefficient (Wildman–Crippen LogP) is 3.77. The lowest BCUT2D eigenvalue weighted by molar-refractivity contribution is -0.0153. The average Bonchev–Trinajstić information content (AvgIpc) is 2.88. The van der Waals surface area contributed by atoms with Gasteiger partial charge in [0.1, 0.15) is 0 Å². The number of hydrogen-bond donors (Lipinski definition) is 2. The van der Waals surface area contributed by atoms with E-state index >= 15 is 0 Å². The topological polar surface area (TPSA) is 24.1 Å². The lowest BCUT2D eigenvalue weighted by atomic mass is 10.1. The molecule has 0 radical (unpaired) electrons. The molecule has 2 N–H and O–H groups in total. The Labute approximate surface area is 120 Å². The summed E-state index contributed by atoms with van der Waals surface area (Å²) in [7, 11) is 0. The second kappa shape index (κ2) is 10.4. The monoisotopic (exact) mass is 302 g/mol. The van der Waals surface area contributed by atoms with Crippen LogP contribution in [0, 0.1) is 11.8 Å². The van der Waals surface area contributed by atoms with Gasteiger partial charge in [-0.05, 0) is 0 Å². The molecule has 0 aromatic heterocycles. The van der Waals surface area contributed by atoms with E-state index in [0.717, 1.165) is 0 Å². The van der Waals surface area contributed by atoms with E-state index in [1.807, 2.05) is 27.7 Å². The van der Waals surface area contributed by atoms with Crippen molar-refractivity contribution in [2.24, 2.45) is 11.8 Å². The summed E-state index contributed by atoms with van der Waals surface area (Å²) in [5.74, 6) is -5.88. The molecule has 20 heavy (non-hydrogen) atoms. The number of rotatable bonds is 0. The van der Waals surface area contributed by atoms with Gasteiger partial charge in [0.25, 0.3) is 11.8 Å². The van der Waals surface area contributed by atoms with E-state index in [4.69, 9.17) is 0 Å². The lowest BCUT2D eigenvalue weighted by Gasteiger charge is -2.10. The van der Waals surface area contributed by atoms with Crippen LogP contribution in [-0.4, -0.2) is 38.0 Å². The lowest BCUT2D eigenvalue weighted by Crippen LogP contribution is -2.24. The van der Waals surface area contributed by atoms with Gasteiger partial charge >= 0.3 is 0 Å². The van der Waals surface area contributed by atoms with Gasteiger partial charge in [-0.2, -0.15) is 0 Å². The van der Waals surface area contributed by atoms with Crippen molar-refractivity contribution in [1.29, 1.82) is 0 Å². The molecule has 0 spiro atoms. The van der Waals surface area contributed by atoms with Crippen LogP contribution in [0.2, 0.25) is 0 Å². The summed E-state index contributed by atoms with van der Waals surface area (Å²) in [4.78, 5) is 0. The smallest absolute Gasteiger partial charge is 0.264 e. The maximum atomic E-state index is 12.3. The van der Waals surface area contributed by atoms with E-state index in [0.29, 0.717) is 13.1 Å².